The predicted octanol–water partition coefficient (Wildman–Crippen LogP) is 1.42. The van der Waals surface area contributed by atoms with Crippen LogP contribution in [0.3, 0.4) is 0 Å². The van der Waals surface area contributed by atoms with Crippen molar-refractivity contribution >= 4 is 11.6 Å². The minimum absolute atomic E-state index is 0.150. The summed E-state index contributed by atoms with van der Waals surface area (Å²) in [6, 6.07) is 0. The maximum absolute atomic E-state index is 12.3. The van der Waals surface area contributed by atoms with Gasteiger partial charge in [0.25, 0.3) is 5.91 Å². The molecule has 0 fully saturated rings. The molecule has 0 atom stereocenters. The zero-order valence-electron chi connectivity index (χ0n) is 12.5. The van der Waals surface area contributed by atoms with E-state index in [4.69, 9.17) is 10.8 Å². The maximum Gasteiger partial charge on any atom is 0.274 e. The third-order valence-corrected chi connectivity index (χ3v) is 3.05. The van der Waals surface area contributed by atoms with E-state index >= 15 is 0 Å². The van der Waals surface area contributed by atoms with Crippen molar-refractivity contribution in [2.75, 3.05) is 25.9 Å². The molecule has 0 radical (unpaired) electrons. The number of aromatic nitrogens is 2. The number of nitrogens with two attached hydrogens (primary N) is 1. The van der Waals surface area contributed by atoms with E-state index in [9.17, 15) is 4.79 Å². The monoisotopic (exact) mass is 280 g/mol. The van der Waals surface area contributed by atoms with E-state index in [2.05, 4.69) is 9.97 Å². The first-order chi connectivity index (χ1) is 9.47. The van der Waals surface area contributed by atoms with E-state index < -0.39 is 0 Å². The number of carbonyl (C=O) groups excluding carboxylic acids is 1. The van der Waals surface area contributed by atoms with Crippen molar-refractivity contribution in [3.63, 3.8) is 0 Å². The molecule has 6 nitrogen and oxygen atoms in total. The summed E-state index contributed by atoms with van der Waals surface area (Å²) in [5.41, 5.74) is 6.38. The zero-order valence-corrected chi connectivity index (χ0v) is 12.5. The molecule has 20 heavy (non-hydrogen) atoms. The summed E-state index contributed by atoms with van der Waals surface area (Å²) >= 11 is 0. The molecule has 0 unspecified atom stereocenters. The Bertz CT molecular complexity index is 449. The third kappa shape index (κ3) is 4.45. The number of nitrogens with zero attached hydrogens (tertiary/aromatic N) is 3. The fourth-order valence-corrected chi connectivity index (χ4v) is 1.77. The van der Waals surface area contributed by atoms with Crippen LogP contribution in [0, 0.1) is 0 Å². The first-order valence-electron chi connectivity index (χ1n) is 6.96. The van der Waals surface area contributed by atoms with Crippen LogP contribution in [-0.2, 0) is 0 Å². The van der Waals surface area contributed by atoms with Gasteiger partial charge in [-0.05, 0) is 19.3 Å². The van der Waals surface area contributed by atoms with Gasteiger partial charge in [-0.3, -0.25) is 4.79 Å². The first-order valence-corrected chi connectivity index (χ1v) is 6.96. The SMILES string of the molecule is CC(C)c1ncc(N)c(C(=O)N(C)CCCCCO)n1. The second-order valence-electron chi connectivity index (χ2n) is 5.20. The lowest BCUT2D eigenvalue weighted by molar-refractivity contribution is 0.0787. The molecule has 0 aliphatic rings. The fraction of sp³-hybridized carbons (Fsp3) is 0.643. The Morgan fingerprint density at radius 2 is 2.10 bits per heavy atom. The number of carbonyl (C=O) groups is 1. The van der Waals surface area contributed by atoms with E-state index in [-0.39, 0.29) is 24.1 Å². The molecule has 0 saturated heterocycles. The van der Waals surface area contributed by atoms with E-state index in [1.807, 2.05) is 13.8 Å². The summed E-state index contributed by atoms with van der Waals surface area (Å²) in [7, 11) is 1.73. The number of aliphatic hydroxyl groups is 1. The first kappa shape index (κ1) is 16.4. The van der Waals surface area contributed by atoms with E-state index in [0.717, 1.165) is 19.3 Å². The number of amides is 1. The molecular formula is C14H24N4O2. The maximum atomic E-state index is 12.3. The highest BCUT2D eigenvalue weighted by Gasteiger charge is 2.18. The molecule has 0 bridgehead atoms. The quantitative estimate of drug-likeness (QED) is 0.737. The lowest BCUT2D eigenvalue weighted by atomic mass is 10.2. The molecular weight excluding hydrogens is 256 g/mol. The highest BCUT2D eigenvalue weighted by molar-refractivity contribution is 5.96. The highest BCUT2D eigenvalue weighted by Crippen LogP contribution is 2.15. The van der Waals surface area contributed by atoms with E-state index in [1.54, 1.807) is 11.9 Å². The summed E-state index contributed by atoms with van der Waals surface area (Å²) in [5.74, 6) is 0.587. The molecule has 0 spiro atoms. The van der Waals surface area contributed by atoms with Crippen molar-refractivity contribution in [3.05, 3.63) is 17.7 Å². The molecule has 1 rings (SSSR count). The van der Waals surface area contributed by atoms with Crippen LogP contribution in [0.25, 0.3) is 0 Å². The second-order valence-corrected chi connectivity index (χ2v) is 5.20. The molecule has 1 amide bonds. The number of hydrogen-bond donors (Lipinski definition) is 2. The lowest BCUT2D eigenvalue weighted by Crippen LogP contribution is -2.29. The van der Waals surface area contributed by atoms with Gasteiger partial charge in [0.15, 0.2) is 5.69 Å². The molecule has 0 saturated carbocycles. The summed E-state index contributed by atoms with van der Waals surface area (Å²) < 4.78 is 0. The minimum atomic E-state index is -0.184. The average molecular weight is 280 g/mol. The van der Waals surface area contributed by atoms with Gasteiger partial charge in [0.1, 0.15) is 5.82 Å². The predicted molar refractivity (Wildman–Crippen MR) is 78.4 cm³/mol. The molecule has 112 valence electrons. The number of nitrogen functional groups attached to an aromatic ring is 1. The van der Waals surface area contributed by atoms with Crippen LogP contribution in [0.4, 0.5) is 5.69 Å². The Labute approximate surface area is 120 Å². The number of rotatable bonds is 7. The van der Waals surface area contributed by atoms with Gasteiger partial charge in [0.2, 0.25) is 0 Å². The van der Waals surface area contributed by atoms with Gasteiger partial charge in [-0.15, -0.1) is 0 Å². The summed E-state index contributed by atoms with van der Waals surface area (Å²) in [4.78, 5) is 22.3. The summed E-state index contributed by atoms with van der Waals surface area (Å²) in [6.07, 6.45) is 4.00. The van der Waals surface area contributed by atoms with Crippen molar-refractivity contribution in [1.29, 1.82) is 0 Å². The van der Waals surface area contributed by atoms with Gasteiger partial charge in [-0.1, -0.05) is 13.8 Å². The van der Waals surface area contributed by atoms with Gasteiger partial charge < -0.3 is 15.7 Å². The number of unbranched alkanes of at least 4 members (excludes halogenated alkanes) is 2. The summed E-state index contributed by atoms with van der Waals surface area (Å²) in [5, 5.41) is 8.72. The standard InChI is InChI=1S/C14H24N4O2/c1-10(2)13-16-9-11(15)12(17-13)14(20)18(3)7-5-4-6-8-19/h9-10,19H,4-8,15H2,1-3H3. The Balaban J connectivity index is 2.72. The molecule has 0 aliphatic heterocycles. The zero-order chi connectivity index (χ0) is 15.1. The van der Waals surface area contributed by atoms with Crippen LogP contribution in [0.2, 0.25) is 0 Å². The Hall–Kier alpha value is -1.69. The van der Waals surface area contributed by atoms with Crippen molar-refractivity contribution < 1.29 is 9.90 Å². The van der Waals surface area contributed by atoms with Gasteiger partial charge in [0.05, 0.1) is 11.9 Å². The van der Waals surface area contributed by atoms with E-state index in [0.29, 0.717) is 18.1 Å². The van der Waals surface area contributed by atoms with Crippen LogP contribution in [0.15, 0.2) is 6.20 Å². The Morgan fingerprint density at radius 1 is 1.40 bits per heavy atom. The number of hydrogen-bond acceptors (Lipinski definition) is 5. The van der Waals surface area contributed by atoms with Gasteiger partial charge in [-0.2, -0.15) is 0 Å². The minimum Gasteiger partial charge on any atom is -0.396 e. The fourth-order valence-electron chi connectivity index (χ4n) is 1.77. The van der Waals surface area contributed by atoms with Crippen LogP contribution in [0.1, 0.15) is 55.3 Å². The molecule has 6 heteroatoms. The normalized spacial score (nSPS) is 10.8. The lowest BCUT2D eigenvalue weighted by Gasteiger charge is -2.18. The van der Waals surface area contributed by atoms with Crippen molar-refractivity contribution in [2.45, 2.75) is 39.0 Å². The van der Waals surface area contributed by atoms with Crippen molar-refractivity contribution in [2.24, 2.45) is 0 Å². The molecule has 3 N–H and O–H groups in total. The Morgan fingerprint density at radius 3 is 2.70 bits per heavy atom. The topological polar surface area (TPSA) is 92.3 Å². The molecule has 0 aliphatic carbocycles. The van der Waals surface area contributed by atoms with Crippen LogP contribution < -0.4 is 5.73 Å². The molecule has 0 aromatic carbocycles. The van der Waals surface area contributed by atoms with Gasteiger partial charge in [0, 0.05) is 26.1 Å². The summed E-state index contributed by atoms with van der Waals surface area (Å²) in [6.45, 7) is 4.75. The van der Waals surface area contributed by atoms with Crippen molar-refractivity contribution in [1.82, 2.24) is 14.9 Å². The van der Waals surface area contributed by atoms with Gasteiger partial charge in [-0.25, -0.2) is 9.97 Å². The number of aliphatic hydroxyl groups excluding tert-OH is 1. The largest absolute Gasteiger partial charge is 0.396 e. The van der Waals surface area contributed by atoms with Crippen molar-refractivity contribution in [3.8, 4) is 0 Å². The average Bonchev–Trinajstić information content (AvgIpc) is 2.42. The van der Waals surface area contributed by atoms with Crippen LogP contribution in [-0.4, -0.2) is 46.1 Å². The molecule has 1 heterocycles. The van der Waals surface area contributed by atoms with Gasteiger partial charge >= 0.3 is 0 Å². The third-order valence-electron chi connectivity index (χ3n) is 3.05. The highest BCUT2D eigenvalue weighted by atomic mass is 16.2. The van der Waals surface area contributed by atoms with Crippen LogP contribution in [0.5, 0.6) is 0 Å². The second kappa shape index (κ2) is 7.79. The number of anilines is 1. The van der Waals surface area contributed by atoms with Crippen LogP contribution >= 0.6 is 0 Å². The molecule has 1 aromatic rings. The van der Waals surface area contributed by atoms with E-state index in [1.165, 1.54) is 6.20 Å². The Kier molecular flexibility index (Phi) is 6.38. The molecule has 1 aromatic heterocycles. The smallest absolute Gasteiger partial charge is 0.274 e.